The molecule has 3 aromatic carbocycles. The fourth-order valence-electron chi connectivity index (χ4n) is 4.63. The van der Waals surface area contributed by atoms with Crippen LogP contribution in [0.4, 0.5) is 0 Å². The number of rotatable bonds is 3. The van der Waals surface area contributed by atoms with Crippen LogP contribution < -0.4 is 4.90 Å². The Labute approximate surface area is 154 Å². The second kappa shape index (κ2) is 6.30. The molecule has 0 spiro atoms. The molecule has 1 unspecified atom stereocenters. The molecule has 0 radical (unpaired) electrons. The van der Waals surface area contributed by atoms with Gasteiger partial charge in [-0.15, -0.1) is 0 Å². The van der Waals surface area contributed by atoms with Crippen LogP contribution in [0.5, 0.6) is 0 Å². The lowest BCUT2D eigenvalue weighted by Gasteiger charge is -2.26. The number of hydrogen-bond acceptors (Lipinski definition) is 0. The van der Waals surface area contributed by atoms with Crippen molar-refractivity contribution in [3.63, 3.8) is 0 Å². The maximum absolute atomic E-state index is 2.43. The molecule has 1 atom stereocenters. The third-order valence-electron chi connectivity index (χ3n) is 5.91. The molecule has 5 rings (SSSR count). The van der Waals surface area contributed by atoms with Crippen LogP contribution in [-0.4, -0.2) is 11.1 Å². The van der Waals surface area contributed by atoms with Gasteiger partial charge in [-0.05, 0) is 30.7 Å². The van der Waals surface area contributed by atoms with Gasteiger partial charge >= 0.3 is 0 Å². The monoisotopic (exact) mass is 341 g/mol. The van der Waals surface area contributed by atoms with Crippen molar-refractivity contribution in [3.8, 4) is 0 Å². The van der Waals surface area contributed by atoms with Crippen molar-refractivity contribution in [1.82, 2.24) is 4.57 Å². The minimum Gasteiger partial charge on any atom is -0.341 e. The molecule has 0 bridgehead atoms. The third kappa shape index (κ3) is 2.53. The van der Waals surface area contributed by atoms with E-state index in [1.165, 1.54) is 51.5 Å². The van der Waals surface area contributed by atoms with E-state index in [0.29, 0.717) is 0 Å². The molecule has 1 aliphatic rings. The van der Waals surface area contributed by atoms with E-state index in [-0.39, 0.29) is 0 Å². The highest BCUT2D eigenvalue weighted by molar-refractivity contribution is 6.08. The van der Waals surface area contributed by atoms with Gasteiger partial charge in [0.1, 0.15) is 13.1 Å². The zero-order valence-electron chi connectivity index (χ0n) is 15.3. The second-order valence-corrected chi connectivity index (χ2v) is 7.49. The van der Waals surface area contributed by atoms with Crippen molar-refractivity contribution in [2.75, 3.05) is 6.54 Å². The molecule has 0 saturated carbocycles. The Morgan fingerprint density at radius 2 is 1.62 bits per heavy atom. The highest BCUT2D eigenvalue weighted by atomic mass is 15.1. The number of aromatic nitrogens is 1. The summed E-state index contributed by atoms with van der Waals surface area (Å²) in [5.41, 5.74) is 7.22. The number of quaternary nitrogens is 1. The van der Waals surface area contributed by atoms with Crippen molar-refractivity contribution in [2.45, 2.75) is 33.0 Å². The summed E-state index contributed by atoms with van der Waals surface area (Å²) in [6.07, 6.45) is 1.20. The average Bonchev–Trinajstić information content (AvgIpc) is 3.01. The van der Waals surface area contributed by atoms with Crippen molar-refractivity contribution in [2.24, 2.45) is 0 Å². The van der Waals surface area contributed by atoms with Gasteiger partial charge in [-0.1, -0.05) is 48.5 Å². The predicted octanol–water partition coefficient (Wildman–Crippen LogP) is 3.96. The highest BCUT2D eigenvalue weighted by Gasteiger charge is 2.19. The molecule has 2 heteroatoms. The molecule has 0 fully saturated rings. The zero-order chi connectivity index (χ0) is 17.5. The number of benzene rings is 3. The Morgan fingerprint density at radius 1 is 0.846 bits per heavy atom. The van der Waals surface area contributed by atoms with Gasteiger partial charge in [-0.25, -0.2) is 0 Å². The number of fused-ring (bicyclic) bond motifs is 4. The summed E-state index contributed by atoms with van der Waals surface area (Å²) in [6, 6.07) is 24.8. The fourth-order valence-corrected chi connectivity index (χ4v) is 4.63. The van der Waals surface area contributed by atoms with Gasteiger partial charge in [-0.2, -0.15) is 0 Å². The SMILES string of the molecule is CCn1c2ccccc2c2cc(C[NH+]3CCc4ccccc4C3)ccc21. The third-order valence-corrected chi connectivity index (χ3v) is 5.91. The van der Waals surface area contributed by atoms with E-state index in [1.807, 2.05) is 0 Å². The molecule has 1 aromatic heterocycles. The number of para-hydroxylation sites is 1. The first-order valence-corrected chi connectivity index (χ1v) is 9.73. The number of nitrogens with zero attached hydrogens (tertiary/aromatic N) is 1. The number of hydrogen-bond donors (Lipinski definition) is 1. The highest BCUT2D eigenvalue weighted by Crippen LogP contribution is 2.29. The summed E-state index contributed by atoms with van der Waals surface area (Å²) in [7, 11) is 0. The van der Waals surface area contributed by atoms with Crippen LogP contribution in [-0.2, 0) is 26.1 Å². The Balaban J connectivity index is 1.50. The zero-order valence-corrected chi connectivity index (χ0v) is 15.3. The van der Waals surface area contributed by atoms with E-state index < -0.39 is 0 Å². The molecule has 0 aliphatic carbocycles. The summed E-state index contributed by atoms with van der Waals surface area (Å²) >= 11 is 0. The Kier molecular flexibility index (Phi) is 3.79. The van der Waals surface area contributed by atoms with Crippen molar-refractivity contribution in [3.05, 3.63) is 83.4 Å². The molecule has 4 aromatic rings. The van der Waals surface area contributed by atoms with Crippen LogP contribution in [0.1, 0.15) is 23.6 Å². The van der Waals surface area contributed by atoms with Gasteiger partial charge in [-0.3, -0.25) is 0 Å². The first kappa shape index (κ1) is 15.7. The van der Waals surface area contributed by atoms with E-state index in [1.54, 1.807) is 4.90 Å². The summed E-state index contributed by atoms with van der Waals surface area (Å²) < 4.78 is 2.43. The second-order valence-electron chi connectivity index (χ2n) is 7.49. The Bertz CT molecular complexity index is 1090. The normalized spacial score (nSPS) is 16.9. The largest absolute Gasteiger partial charge is 0.341 e. The van der Waals surface area contributed by atoms with E-state index in [4.69, 9.17) is 0 Å². The molecular formula is C24H25N2+. The fraction of sp³-hybridized carbons (Fsp3) is 0.250. The standard InChI is InChI=1S/C24H24N2/c1-2-26-23-10-6-5-9-21(23)22-15-18(11-12-24(22)26)16-25-14-13-19-7-3-4-8-20(19)17-25/h3-12,15H,2,13-14,16-17H2,1H3/p+1. The van der Waals surface area contributed by atoms with Crippen LogP contribution in [0.2, 0.25) is 0 Å². The van der Waals surface area contributed by atoms with Crippen molar-refractivity contribution < 1.29 is 4.90 Å². The van der Waals surface area contributed by atoms with Crippen LogP contribution in [0.15, 0.2) is 66.7 Å². The quantitative estimate of drug-likeness (QED) is 0.578. The number of aryl methyl sites for hydroxylation is 1. The molecule has 1 aliphatic heterocycles. The van der Waals surface area contributed by atoms with Gasteiger partial charge in [0.15, 0.2) is 0 Å². The lowest BCUT2D eigenvalue weighted by atomic mass is 9.99. The van der Waals surface area contributed by atoms with Crippen LogP contribution in [0.3, 0.4) is 0 Å². The first-order chi connectivity index (χ1) is 12.8. The van der Waals surface area contributed by atoms with E-state index >= 15 is 0 Å². The molecular weight excluding hydrogens is 316 g/mol. The molecule has 1 N–H and O–H groups in total. The van der Waals surface area contributed by atoms with Gasteiger partial charge in [0.2, 0.25) is 0 Å². The predicted molar refractivity (Wildman–Crippen MR) is 109 cm³/mol. The topological polar surface area (TPSA) is 9.37 Å². The summed E-state index contributed by atoms with van der Waals surface area (Å²) in [4.78, 5) is 1.67. The summed E-state index contributed by atoms with van der Waals surface area (Å²) in [6.45, 7) is 6.72. The van der Waals surface area contributed by atoms with E-state index in [0.717, 1.165) is 19.6 Å². The van der Waals surface area contributed by atoms with Gasteiger partial charge in [0.05, 0.1) is 6.54 Å². The maximum atomic E-state index is 2.43. The smallest absolute Gasteiger partial charge is 0.103 e. The van der Waals surface area contributed by atoms with Gasteiger partial charge in [0.25, 0.3) is 0 Å². The molecule has 2 heterocycles. The first-order valence-electron chi connectivity index (χ1n) is 9.73. The van der Waals surface area contributed by atoms with Gasteiger partial charge < -0.3 is 9.47 Å². The molecule has 0 amide bonds. The minimum atomic E-state index is 1.01. The van der Waals surface area contributed by atoms with Crippen molar-refractivity contribution in [1.29, 1.82) is 0 Å². The lowest BCUT2D eigenvalue weighted by Crippen LogP contribution is -3.10. The van der Waals surface area contributed by atoms with Crippen LogP contribution in [0.25, 0.3) is 21.8 Å². The molecule has 0 saturated heterocycles. The maximum Gasteiger partial charge on any atom is 0.103 e. The average molecular weight is 341 g/mol. The molecule has 2 nitrogen and oxygen atoms in total. The molecule has 26 heavy (non-hydrogen) atoms. The minimum absolute atomic E-state index is 1.01. The Morgan fingerprint density at radius 3 is 2.50 bits per heavy atom. The van der Waals surface area contributed by atoms with Crippen molar-refractivity contribution >= 4 is 21.8 Å². The van der Waals surface area contributed by atoms with E-state index in [2.05, 4.69) is 78.2 Å². The number of nitrogens with one attached hydrogen (secondary N) is 1. The molecule has 130 valence electrons. The summed E-state index contributed by atoms with van der Waals surface area (Å²) in [5.74, 6) is 0. The lowest BCUT2D eigenvalue weighted by molar-refractivity contribution is -0.929. The van der Waals surface area contributed by atoms with Gasteiger partial charge in [0, 0.05) is 45.9 Å². The van der Waals surface area contributed by atoms with E-state index in [9.17, 15) is 0 Å². The van der Waals surface area contributed by atoms with Crippen LogP contribution >= 0.6 is 0 Å². The summed E-state index contributed by atoms with van der Waals surface area (Å²) in [5, 5.41) is 2.78. The van der Waals surface area contributed by atoms with Crippen LogP contribution in [0, 0.1) is 0 Å². The Hall–Kier alpha value is -2.58.